The van der Waals surface area contributed by atoms with Crippen LogP contribution in [0.5, 0.6) is 23.0 Å². The summed E-state index contributed by atoms with van der Waals surface area (Å²) in [5.74, 6) is 1.29. The summed E-state index contributed by atoms with van der Waals surface area (Å²) in [6, 6.07) is 9.95. The monoisotopic (exact) mass is 328 g/mol. The molecule has 0 unspecified atom stereocenters. The van der Waals surface area contributed by atoms with Gasteiger partial charge in [-0.15, -0.1) is 0 Å². The van der Waals surface area contributed by atoms with Crippen molar-refractivity contribution in [1.29, 1.82) is 0 Å². The summed E-state index contributed by atoms with van der Waals surface area (Å²) in [5, 5.41) is 9.70. The molecule has 2 aromatic rings. The van der Waals surface area contributed by atoms with Gasteiger partial charge in [0, 0.05) is 0 Å². The van der Waals surface area contributed by atoms with Gasteiger partial charge in [0.05, 0.1) is 26.4 Å². The van der Waals surface area contributed by atoms with Crippen LogP contribution in [0, 0.1) is 0 Å². The minimum absolute atomic E-state index is 0.0646. The molecule has 0 aliphatic carbocycles. The lowest BCUT2D eigenvalue weighted by molar-refractivity contribution is 0.104. The zero-order chi connectivity index (χ0) is 17.5. The molecule has 0 aliphatic rings. The normalized spacial score (nSPS) is 10.6. The fourth-order valence-electron chi connectivity index (χ4n) is 2.17. The Morgan fingerprint density at radius 3 is 2.54 bits per heavy atom. The topological polar surface area (TPSA) is 65.0 Å². The number of aromatic hydroxyl groups is 1. The van der Waals surface area contributed by atoms with E-state index in [0.29, 0.717) is 29.4 Å². The van der Waals surface area contributed by atoms with Crippen molar-refractivity contribution >= 4 is 11.9 Å². The molecular formula is C19H20O5. The number of carbonyl (C=O) groups is 1. The van der Waals surface area contributed by atoms with E-state index in [0.717, 1.165) is 5.56 Å². The molecule has 0 radical (unpaired) electrons. The number of hydrogen-bond donors (Lipinski definition) is 1. The lowest BCUT2D eigenvalue weighted by Gasteiger charge is -2.08. The average Bonchev–Trinajstić information content (AvgIpc) is 2.61. The Bertz CT molecular complexity index is 749. The molecule has 1 N–H and O–H groups in total. The Balaban J connectivity index is 2.26. The van der Waals surface area contributed by atoms with Crippen LogP contribution in [-0.4, -0.2) is 31.7 Å². The van der Waals surface area contributed by atoms with Gasteiger partial charge in [-0.25, -0.2) is 0 Å². The summed E-state index contributed by atoms with van der Waals surface area (Å²) in [4.78, 5) is 12.4. The van der Waals surface area contributed by atoms with Gasteiger partial charge >= 0.3 is 0 Å². The van der Waals surface area contributed by atoms with E-state index in [9.17, 15) is 9.90 Å². The third-order valence-electron chi connectivity index (χ3n) is 3.38. The number of allylic oxidation sites excluding steroid dienone is 1. The molecule has 24 heavy (non-hydrogen) atoms. The summed E-state index contributed by atoms with van der Waals surface area (Å²) in [6.07, 6.45) is 3.10. The second kappa shape index (κ2) is 8.06. The number of phenolic OH excluding ortho intramolecular Hbond substituents is 1. The predicted octanol–water partition coefficient (Wildman–Crippen LogP) is 3.70. The Labute approximate surface area is 141 Å². The van der Waals surface area contributed by atoms with Gasteiger partial charge in [0.2, 0.25) is 0 Å². The van der Waals surface area contributed by atoms with E-state index in [2.05, 4.69) is 0 Å². The molecule has 0 amide bonds. The van der Waals surface area contributed by atoms with E-state index < -0.39 is 0 Å². The minimum atomic E-state index is -0.211. The summed E-state index contributed by atoms with van der Waals surface area (Å²) in [5.41, 5.74) is 1.16. The SMILES string of the molecule is CCOc1cc(/C=C/C(=O)c2cc(OC)ccc2OC)ccc1O. The molecule has 0 heterocycles. The highest BCUT2D eigenvalue weighted by atomic mass is 16.5. The number of benzene rings is 2. The maximum Gasteiger partial charge on any atom is 0.189 e. The van der Waals surface area contributed by atoms with Crippen molar-refractivity contribution in [3.8, 4) is 23.0 Å². The van der Waals surface area contributed by atoms with E-state index in [1.807, 2.05) is 6.92 Å². The van der Waals surface area contributed by atoms with Gasteiger partial charge < -0.3 is 19.3 Å². The van der Waals surface area contributed by atoms with E-state index >= 15 is 0 Å². The van der Waals surface area contributed by atoms with Crippen LogP contribution in [0.3, 0.4) is 0 Å². The van der Waals surface area contributed by atoms with Crippen molar-refractivity contribution in [1.82, 2.24) is 0 Å². The molecular weight excluding hydrogens is 308 g/mol. The Morgan fingerprint density at radius 2 is 1.88 bits per heavy atom. The quantitative estimate of drug-likeness (QED) is 0.620. The van der Waals surface area contributed by atoms with Gasteiger partial charge in [-0.05, 0) is 48.9 Å². The molecule has 0 spiro atoms. The molecule has 0 aliphatic heterocycles. The first-order chi connectivity index (χ1) is 11.6. The summed E-state index contributed by atoms with van der Waals surface area (Å²) in [7, 11) is 3.05. The van der Waals surface area contributed by atoms with E-state index in [1.54, 1.807) is 36.4 Å². The number of ketones is 1. The zero-order valence-corrected chi connectivity index (χ0v) is 13.9. The molecule has 5 nitrogen and oxygen atoms in total. The number of methoxy groups -OCH3 is 2. The first-order valence-electron chi connectivity index (χ1n) is 7.49. The van der Waals surface area contributed by atoms with Gasteiger partial charge in [-0.2, -0.15) is 0 Å². The Morgan fingerprint density at radius 1 is 1.08 bits per heavy atom. The molecule has 0 atom stereocenters. The highest BCUT2D eigenvalue weighted by molar-refractivity contribution is 6.08. The van der Waals surface area contributed by atoms with Gasteiger partial charge in [-0.3, -0.25) is 4.79 Å². The third kappa shape index (κ3) is 4.07. The average molecular weight is 328 g/mol. The van der Waals surface area contributed by atoms with Gasteiger partial charge in [0.25, 0.3) is 0 Å². The zero-order valence-electron chi connectivity index (χ0n) is 13.9. The molecule has 0 saturated heterocycles. The van der Waals surface area contributed by atoms with Gasteiger partial charge in [-0.1, -0.05) is 12.1 Å². The first kappa shape index (κ1) is 17.4. The summed E-state index contributed by atoms with van der Waals surface area (Å²) in [6.45, 7) is 2.28. The van der Waals surface area contributed by atoms with Crippen molar-refractivity contribution in [2.24, 2.45) is 0 Å². The fourth-order valence-corrected chi connectivity index (χ4v) is 2.17. The van der Waals surface area contributed by atoms with Crippen LogP contribution in [-0.2, 0) is 0 Å². The maximum atomic E-state index is 12.4. The number of phenols is 1. The molecule has 0 fully saturated rings. The molecule has 2 aromatic carbocycles. The molecule has 0 saturated carbocycles. The molecule has 5 heteroatoms. The third-order valence-corrected chi connectivity index (χ3v) is 3.38. The summed E-state index contributed by atoms with van der Waals surface area (Å²) >= 11 is 0. The van der Waals surface area contributed by atoms with Gasteiger partial charge in [0.1, 0.15) is 11.5 Å². The Kier molecular flexibility index (Phi) is 5.84. The molecule has 2 rings (SSSR count). The van der Waals surface area contributed by atoms with Crippen molar-refractivity contribution in [2.45, 2.75) is 6.92 Å². The van der Waals surface area contributed by atoms with Crippen molar-refractivity contribution < 1.29 is 24.1 Å². The van der Waals surface area contributed by atoms with Crippen molar-refractivity contribution in [2.75, 3.05) is 20.8 Å². The standard InChI is InChI=1S/C19H20O5/c1-4-24-19-11-13(6-9-17(19)21)5-8-16(20)15-12-14(22-2)7-10-18(15)23-3/h5-12,21H,4H2,1-3H3/b8-5+. The van der Waals surface area contributed by atoms with E-state index in [-0.39, 0.29) is 11.5 Å². The molecule has 126 valence electrons. The minimum Gasteiger partial charge on any atom is -0.504 e. The smallest absolute Gasteiger partial charge is 0.189 e. The molecule has 0 bridgehead atoms. The maximum absolute atomic E-state index is 12.4. The van der Waals surface area contributed by atoms with Crippen LogP contribution >= 0.6 is 0 Å². The van der Waals surface area contributed by atoms with Crippen LogP contribution in [0.2, 0.25) is 0 Å². The van der Waals surface area contributed by atoms with Crippen molar-refractivity contribution in [3.63, 3.8) is 0 Å². The van der Waals surface area contributed by atoms with Gasteiger partial charge in [0.15, 0.2) is 17.3 Å². The van der Waals surface area contributed by atoms with Crippen LogP contribution < -0.4 is 14.2 Å². The largest absolute Gasteiger partial charge is 0.504 e. The second-order valence-electron chi connectivity index (χ2n) is 4.92. The van der Waals surface area contributed by atoms with Crippen LogP contribution in [0.15, 0.2) is 42.5 Å². The highest BCUT2D eigenvalue weighted by Crippen LogP contribution is 2.28. The Hall–Kier alpha value is -2.95. The highest BCUT2D eigenvalue weighted by Gasteiger charge is 2.11. The molecule has 0 aromatic heterocycles. The number of rotatable bonds is 7. The number of carbonyl (C=O) groups excluding carboxylic acids is 1. The van der Waals surface area contributed by atoms with Crippen LogP contribution in [0.25, 0.3) is 6.08 Å². The van der Waals surface area contributed by atoms with E-state index in [4.69, 9.17) is 14.2 Å². The number of hydrogen-bond acceptors (Lipinski definition) is 5. The lowest BCUT2D eigenvalue weighted by atomic mass is 10.1. The number of ether oxygens (including phenoxy) is 3. The predicted molar refractivity (Wildman–Crippen MR) is 92.2 cm³/mol. The summed E-state index contributed by atoms with van der Waals surface area (Å²) < 4.78 is 15.7. The van der Waals surface area contributed by atoms with E-state index in [1.165, 1.54) is 26.4 Å². The fraction of sp³-hybridized carbons (Fsp3) is 0.211. The lowest BCUT2D eigenvalue weighted by Crippen LogP contribution is -2.00. The van der Waals surface area contributed by atoms with Crippen LogP contribution in [0.4, 0.5) is 0 Å². The second-order valence-corrected chi connectivity index (χ2v) is 4.92. The first-order valence-corrected chi connectivity index (χ1v) is 7.49. The van der Waals surface area contributed by atoms with Crippen molar-refractivity contribution in [3.05, 3.63) is 53.6 Å². The van der Waals surface area contributed by atoms with Crippen LogP contribution in [0.1, 0.15) is 22.8 Å².